The Kier molecular flexibility index (Phi) is 4.51. The molecule has 2 aliphatic rings. The van der Waals surface area contributed by atoms with Crippen molar-refractivity contribution in [2.24, 2.45) is 5.92 Å². The fraction of sp³-hybridized carbons (Fsp3) is 1.00. The van der Waals surface area contributed by atoms with Crippen LogP contribution in [0.2, 0.25) is 0 Å². The van der Waals surface area contributed by atoms with E-state index < -0.39 is 0 Å². The molecule has 14 heavy (non-hydrogen) atoms. The lowest BCUT2D eigenvalue weighted by molar-refractivity contribution is 0.506. The van der Waals surface area contributed by atoms with Crippen molar-refractivity contribution in [1.82, 2.24) is 5.32 Å². The highest BCUT2D eigenvalue weighted by atomic mass is 32.2. The molecule has 0 amide bonds. The second-order valence-corrected chi connectivity index (χ2v) is 7.15. The van der Waals surface area contributed by atoms with Crippen LogP contribution in [0.5, 0.6) is 0 Å². The average Bonchev–Trinajstić information content (AvgIpc) is 2.63. The molecule has 1 nitrogen and oxygen atoms in total. The van der Waals surface area contributed by atoms with Gasteiger partial charge in [0.1, 0.15) is 0 Å². The number of thioether (sulfide) groups is 2. The largest absolute Gasteiger partial charge is 0.313 e. The van der Waals surface area contributed by atoms with Crippen molar-refractivity contribution < 1.29 is 0 Å². The average molecular weight is 231 g/mol. The van der Waals surface area contributed by atoms with Gasteiger partial charge in [-0.05, 0) is 25.2 Å². The van der Waals surface area contributed by atoms with Crippen LogP contribution in [0.3, 0.4) is 0 Å². The molecule has 0 aromatic rings. The summed E-state index contributed by atoms with van der Waals surface area (Å²) in [6.45, 7) is 3.63. The summed E-state index contributed by atoms with van der Waals surface area (Å²) >= 11 is 4.29. The van der Waals surface area contributed by atoms with Gasteiger partial charge in [-0.3, -0.25) is 0 Å². The lowest BCUT2D eigenvalue weighted by Gasteiger charge is -2.23. The number of hydrogen-bond acceptors (Lipinski definition) is 3. The summed E-state index contributed by atoms with van der Waals surface area (Å²) in [5.74, 6) is 5.04. The minimum absolute atomic E-state index is 0.831. The molecule has 0 aromatic heterocycles. The van der Waals surface area contributed by atoms with Gasteiger partial charge in [0.2, 0.25) is 0 Å². The molecule has 0 bridgehead atoms. The lowest BCUT2D eigenvalue weighted by atomic mass is 10.1. The Morgan fingerprint density at radius 3 is 2.86 bits per heavy atom. The van der Waals surface area contributed by atoms with Gasteiger partial charge in [-0.25, -0.2) is 0 Å². The van der Waals surface area contributed by atoms with Crippen LogP contribution >= 0.6 is 23.5 Å². The van der Waals surface area contributed by atoms with Gasteiger partial charge in [0.15, 0.2) is 0 Å². The first kappa shape index (κ1) is 11.2. The topological polar surface area (TPSA) is 12.0 Å². The highest BCUT2D eigenvalue weighted by Crippen LogP contribution is 2.26. The third kappa shape index (κ3) is 3.35. The van der Waals surface area contributed by atoms with Gasteiger partial charge in [0.25, 0.3) is 0 Å². The molecule has 2 rings (SSSR count). The number of nitrogens with one attached hydrogen (secondary N) is 1. The van der Waals surface area contributed by atoms with E-state index in [9.17, 15) is 0 Å². The molecule has 3 heteroatoms. The molecule has 1 heterocycles. The zero-order valence-electron chi connectivity index (χ0n) is 9.00. The van der Waals surface area contributed by atoms with Gasteiger partial charge >= 0.3 is 0 Å². The van der Waals surface area contributed by atoms with Crippen molar-refractivity contribution in [3.05, 3.63) is 0 Å². The van der Waals surface area contributed by atoms with Crippen molar-refractivity contribution in [3.63, 3.8) is 0 Å². The molecule has 0 radical (unpaired) electrons. The molecule has 1 N–H and O–H groups in total. The quantitative estimate of drug-likeness (QED) is 0.802. The van der Waals surface area contributed by atoms with E-state index in [0.717, 1.165) is 17.2 Å². The standard InChI is InChI=1S/C11H21NS2/c1-9-2-3-10(6-9)12-7-11-8-13-4-5-14-11/h9-12H,2-8H2,1H3. The summed E-state index contributed by atoms with van der Waals surface area (Å²) in [6, 6.07) is 0.831. The van der Waals surface area contributed by atoms with Crippen LogP contribution in [0.25, 0.3) is 0 Å². The predicted molar refractivity (Wildman–Crippen MR) is 68.4 cm³/mol. The molecule has 1 aliphatic heterocycles. The van der Waals surface area contributed by atoms with Crippen LogP contribution in [0.1, 0.15) is 26.2 Å². The summed E-state index contributed by atoms with van der Waals surface area (Å²) in [7, 11) is 0. The monoisotopic (exact) mass is 231 g/mol. The van der Waals surface area contributed by atoms with E-state index in [1.165, 1.54) is 43.1 Å². The molecule has 0 aromatic carbocycles. The highest BCUT2D eigenvalue weighted by molar-refractivity contribution is 8.06. The van der Waals surface area contributed by atoms with Crippen molar-refractivity contribution in [2.45, 2.75) is 37.5 Å². The van der Waals surface area contributed by atoms with E-state index >= 15 is 0 Å². The normalized spacial score (nSPS) is 38.8. The second kappa shape index (κ2) is 5.66. The van der Waals surface area contributed by atoms with E-state index in [0.29, 0.717) is 0 Å². The molecular formula is C11H21NS2. The minimum Gasteiger partial charge on any atom is -0.313 e. The van der Waals surface area contributed by atoms with Gasteiger partial charge in [0, 0.05) is 35.1 Å². The van der Waals surface area contributed by atoms with Crippen LogP contribution in [0, 0.1) is 5.92 Å². The molecule has 2 fully saturated rings. The first-order valence-electron chi connectivity index (χ1n) is 5.77. The smallest absolute Gasteiger partial charge is 0.0263 e. The van der Waals surface area contributed by atoms with Crippen LogP contribution in [0.4, 0.5) is 0 Å². The fourth-order valence-electron chi connectivity index (χ4n) is 2.35. The maximum absolute atomic E-state index is 3.75. The Balaban J connectivity index is 1.61. The van der Waals surface area contributed by atoms with Crippen LogP contribution in [-0.2, 0) is 0 Å². The molecule has 82 valence electrons. The van der Waals surface area contributed by atoms with Crippen LogP contribution < -0.4 is 5.32 Å². The maximum atomic E-state index is 3.75. The third-order valence-corrected chi connectivity index (χ3v) is 6.06. The molecule has 3 atom stereocenters. The van der Waals surface area contributed by atoms with E-state index in [4.69, 9.17) is 0 Å². The first-order valence-corrected chi connectivity index (χ1v) is 7.97. The van der Waals surface area contributed by atoms with Gasteiger partial charge in [-0.1, -0.05) is 6.92 Å². The SMILES string of the molecule is CC1CCC(NCC2CSCCS2)C1. The van der Waals surface area contributed by atoms with Crippen molar-refractivity contribution in [2.75, 3.05) is 23.8 Å². The summed E-state index contributed by atoms with van der Waals surface area (Å²) in [4.78, 5) is 0. The Morgan fingerprint density at radius 1 is 1.29 bits per heavy atom. The summed E-state index contributed by atoms with van der Waals surface area (Å²) < 4.78 is 0. The zero-order chi connectivity index (χ0) is 9.80. The van der Waals surface area contributed by atoms with Crippen molar-refractivity contribution >= 4 is 23.5 Å². The minimum atomic E-state index is 0.831. The Bertz CT molecular complexity index is 164. The van der Waals surface area contributed by atoms with Crippen molar-refractivity contribution in [3.8, 4) is 0 Å². The molecule has 1 aliphatic carbocycles. The molecule has 1 saturated carbocycles. The number of rotatable bonds is 3. The summed E-state index contributed by atoms with van der Waals surface area (Å²) in [6.07, 6.45) is 4.25. The second-order valence-electron chi connectivity index (χ2n) is 4.59. The molecule has 3 unspecified atom stereocenters. The van der Waals surface area contributed by atoms with Gasteiger partial charge in [-0.2, -0.15) is 23.5 Å². The van der Waals surface area contributed by atoms with Crippen LogP contribution in [-0.4, -0.2) is 35.1 Å². The lowest BCUT2D eigenvalue weighted by Crippen LogP contribution is -2.35. The van der Waals surface area contributed by atoms with Crippen LogP contribution in [0.15, 0.2) is 0 Å². The van der Waals surface area contributed by atoms with E-state index in [-0.39, 0.29) is 0 Å². The Morgan fingerprint density at radius 2 is 2.21 bits per heavy atom. The molecule has 1 saturated heterocycles. The van der Waals surface area contributed by atoms with Gasteiger partial charge in [0.05, 0.1) is 0 Å². The summed E-state index contributed by atoms with van der Waals surface area (Å²) in [5, 5.41) is 4.63. The van der Waals surface area contributed by atoms with E-state index in [1.54, 1.807) is 0 Å². The van der Waals surface area contributed by atoms with Gasteiger partial charge in [-0.15, -0.1) is 0 Å². The van der Waals surface area contributed by atoms with E-state index in [1.807, 2.05) is 0 Å². The molecule has 0 spiro atoms. The first-order chi connectivity index (χ1) is 6.84. The Labute approximate surface area is 96.2 Å². The van der Waals surface area contributed by atoms with E-state index in [2.05, 4.69) is 35.8 Å². The van der Waals surface area contributed by atoms with Gasteiger partial charge < -0.3 is 5.32 Å². The Hall–Kier alpha value is 0.660. The summed E-state index contributed by atoms with van der Waals surface area (Å²) in [5.41, 5.74) is 0. The fourth-order valence-corrected chi connectivity index (χ4v) is 4.97. The van der Waals surface area contributed by atoms with Crippen molar-refractivity contribution in [1.29, 1.82) is 0 Å². The number of hydrogen-bond donors (Lipinski definition) is 1. The third-order valence-electron chi connectivity index (χ3n) is 3.21. The highest BCUT2D eigenvalue weighted by Gasteiger charge is 2.22. The molecular weight excluding hydrogens is 210 g/mol. The predicted octanol–water partition coefficient (Wildman–Crippen LogP) is 2.61. The maximum Gasteiger partial charge on any atom is 0.0263 e. The zero-order valence-corrected chi connectivity index (χ0v) is 10.6.